The largest absolute Gasteiger partial charge is 0.433 e. The number of alkyl halides is 3. The third-order valence-corrected chi connectivity index (χ3v) is 4.10. The number of carbonyl (C=O) groups is 1. The first-order chi connectivity index (χ1) is 10.7. The number of amides is 2. The molecule has 0 aromatic carbocycles. The molecule has 0 saturated carbocycles. The van der Waals surface area contributed by atoms with E-state index >= 15 is 0 Å². The Morgan fingerprint density at radius 2 is 1.87 bits per heavy atom. The highest BCUT2D eigenvalue weighted by Gasteiger charge is 2.33. The molecule has 0 spiro atoms. The SMILES string of the molecule is CN(C)C(=O)N(C)C1CCN(c2ccnc(C(F)(F)F)c2)CC1. The average molecular weight is 330 g/mol. The van der Waals surface area contributed by atoms with Gasteiger partial charge in [-0.1, -0.05) is 0 Å². The summed E-state index contributed by atoms with van der Waals surface area (Å²) in [5.41, 5.74) is -0.357. The summed E-state index contributed by atoms with van der Waals surface area (Å²) in [6, 6.07) is 2.70. The number of hydrogen-bond acceptors (Lipinski definition) is 3. The van der Waals surface area contributed by atoms with Gasteiger partial charge in [-0.25, -0.2) is 4.79 Å². The molecule has 0 N–H and O–H groups in total. The van der Waals surface area contributed by atoms with Crippen LogP contribution >= 0.6 is 0 Å². The van der Waals surface area contributed by atoms with E-state index in [0.29, 0.717) is 18.8 Å². The molecule has 23 heavy (non-hydrogen) atoms. The van der Waals surface area contributed by atoms with Gasteiger partial charge in [-0.2, -0.15) is 13.2 Å². The number of anilines is 1. The topological polar surface area (TPSA) is 39.7 Å². The van der Waals surface area contributed by atoms with E-state index in [1.54, 1.807) is 32.1 Å². The molecule has 8 heteroatoms. The van der Waals surface area contributed by atoms with E-state index in [4.69, 9.17) is 0 Å². The van der Waals surface area contributed by atoms with Crippen LogP contribution in [0.1, 0.15) is 18.5 Å². The van der Waals surface area contributed by atoms with E-state index in [9.17, 15) is 18.0 Å². The zero-order valence-electron chi connectivity index (χ0n) is 13.5. The zero-order valence-corrected chi connectivity index (χ0v) is 13.5. The van der Waals surface area contributed by atoms with Gasteiger partial charge in [-0.15, -0.1) is 0 Å². The first-order valence-electron chi connectivity index (χ1n) is 7.42. The molecule has 1 aromatic rings. The van der Waals surface area contributed by atoms with Crippen molar-refractivity contribution >= 4 is 11.7 Å². The van der Waals surface area contributed by atoms with E-state index in [2.05, 4.69) is 4.98 Å². The molecule has 1 aliphatic rings. The Morgan fingerprint density at radius 1 is 1.26 bits per heavy atom. The van der Waals surface area contributed by atoms with E-state index in [0.717, 1.165) is 18.9 Å². The number of urea groups is 1. The molecule has 0 aliphatic carbocycles. The van der Waals surface area contributed by atoms with Gasteiger partial charge in [-0.05, 0) is 25.0 Å². The van der Waals surface area contributed by atoms with Crippen LogP contribution in [0.25, 0.3) is 0 Å². The molecule has 1 aromatic heterocycles. The summed E-state index contributed by atoms with van der Waals surface area (Å²) in [6.07, 6.45) is -1.81. The second-order valence-corrected chi connectivity index (χ2v) is 5.90. The summed E-state index contributed by atoms with van der Waals surface area (Å²) in [5.74, 6) is 0. The molecular formula is C15H21F3N4O. The number of hydrogen-bond donors (Lipinski definition) is 0. The van der Waals surface area contributed by atoms with E-state index < -0.39 is 11.9 Å². The van der Waals surface area contributed by atoms with Gasteiger partial charge in [0.2, 0.25) is 0 Å². The molecule has 1 saturated heterocycles. The first kappa shape index (κ1) is 17.4. The number of pyridine rings is 1. The number of carbonyl (C=O) groups excluding carboxylic acids is 1. The van der Waals surface area contributed by atoms with Crippen molar-refractivity contribution in [2.45, 2.75) is 25.1 Å². The minimum Gasteiger partial charge on any atom is -0.371 e. The lowest BCUT2D eigenvalue weighted by molar-refractivity contribution is -0.141. The number of aromatic nitrogens is 1. The first-order valence-corrected chi connectivity index (χ1v) is 7.42. The number of nitrogens with zero attached hydrogens (tertiary/aromatic N) is 4. The fraction of sp³-hybridized carbons (Fsp3) is 0.600. The highest BCUT2D eigenvalue weighted by Crippen LogP contribution is 2.31. The molecule has 2 amide bonds. The van der Waals surface area contributed by atoms with E-state index in [-0.39, 0.29) is 12.1 Å². The molecule has 5 nitrogen and oxygen atoms in total. The smallest absolute Gasteiger partial charge is 0.371 e. The lowest BCUT2D eigenvalue weighted by Crippen LogP contribution is -2.48. The van der Waals surface area contributed by atoms with Gasteiger partial charge >= 0.3 is 12.2 Å². The van der Waals surface area contributed by atoms with Crippen LogP contribution < -0.4 is 4.90 Å². The highest BCUT2D eigenvalue weighted by molar-refractivity contribution is 5.73. The average Bonchev–Trinajstić information content (AvgIpc) is 2.53. The Balaban J connectivity index is 2.01. The molecule has 2 rings (SSSR count). The van der Waals surface area contributed by atoms with Gasteiger partial charge in [0, 0.05) is 52.2 Å². The Hall–Kier alpha value is -1.99. The molecular weight excluding hydrogens is 309 g/mol. The van der Waals surface area contributed by atoms with Crippen molar-refractivity contribution in [3.8, 4) is 0 Å². The summed E-state index contributed by atoms with van der Waals surface area (Å²) in [4.78, 5) is 20.5. The minimum atomic E-state index is -4.44. The summed E-state index contributed by atoms with van der Waals surface area (Å²) in [6.45, 7) is 1.22. The molecule has 1 fully saturated rings. The summed E-state index contributed by atoms with van der Waals surface area (Å²) in [5, 5.41) is 0. The second kappa shape index (κ2) is 6.64. The van der Waals surface area contributed by atoms with Crippen LogP contribution in [-0.4, -0.2) is 61.1 Å². The zero-order chi connectivity index (χ0) is 17.2. The molecule has 1 aliphatic heterocycles. The molecule has 0 atom stereocenters. The van der Waals surface area contributed by atoms with Crippen molar-refractivity contribution in [1.82, 2.24) is 14.8 Å². The van der Waals surface area contributed by atoms with Crippen LogP contribution in [0.2, 0.25) is 0 Å². The van der Waals surface area contributed by atoms with Crippen molar-refractivity contribution < 1.29 is 18.0 Å². The van der Waals surface area contributed by atoms with Gasteiger partial charge in [0.1, 0.15) is 5.69 Å². The van der Waals surface area contributed by atoms with Crippen molar-refractivity contribution in [3.63, 3.8) is 0 Å². The third kappa shape index (κ3) is 4.05. The fourth-order valence-corrected chi connectivity index (χ4v) is 2.75. The molecule has 2 heterocycles. The molecule has 0 unspecified atom stereocenters. The number of piperidine rings is 1. The standard InChI is InChI=1S/C15H21F3N4O/c1-20(2)14(23)21(3)11-5-8-22(9-6-11)12-4-7-19-13(10-12)15(16,17)18/h4,7,10-11H,5-6,8-9H2,1-3H3. The lowest BCUT2D eigenvalue weighted by atomic mass is 10.0. The Kier molecular flexibility index (Phi) is 5.01. The van der Waals surface area contributed by atoms with Crippen molar-refractivity contribution in [3.05, 3.63) is 24.0 Å². The van der Waals surface area contributed by atoms with Gasteiger partial charge in [-0.3, -0.25) is 4.98 Å². The van der Waals surface area contributed by atoms with Gasteiger partial charge in [0.15, 0.2) is 0 Å². The van der Waals surface area contributed by atoms with Crippen LogP contribution in [0, 0.1) is 0 Å². The second-order valence-electron chi connectivity index (χ2n) is 5.90. The summed E-state index contributed by atoms with van der Waals surface area (Å²) in [7, 11) is 5.16. The fourth-order valence-electron chi connectivity index (χ4n) is 2.75. The quantitative estimate of drug-likeness (QED) is 0.837. The van der Waals surface area contributed by atoms with E-state index in [1.165, 1.54) is 11.1 Å². The van der Waals surface area contributed by atoms with Crippen molar-refractivity contribution in [1.29, 1.82) is 0 Å². The monoisotopic (exact) mass is 330 g/mol. The van der Waals surface area contributed by atoms with Crippen molar-refractivity contribution in [2.75, 3.05) is 39.1 Å². The molecule has 128 valence electrons. The lowest BCUT2D eigenvalue weighted by Gasteiger charge is -2.38. The van der Waals surface area contributed by atoms with Gasteiger partial charge in [0.25, 0.3) is 0 Å². The van der Waals surface area contributed by atoms with Crippen LogP contribution in [0.15, 0.2) is 18.3 Å². The maximum atomic E-state index is 12.7. The maximum Gasteiger partial charge on any atom is 0.433 e. The Bertz CT molecular complexity index is 554. The van der Waals surface area contributed by atoms with Crippen LogP contribution in [0.4, 0.5) is 23.7 Å². The maximum absolute atomic E-state index is 12.7. The molecule has 0 radical (unpaired) electrons. The Morgan fingerprint density at radius 3 is 2.39 bits per heavy atom. The third-order valence-electron chi connectivity index (χ3n) is 4.10. The van der Waals surface area contributed by atoms with Crippen LogP contribution in [0.5, 0.6) is 0 Å². The highest BCUT2D eigenvalue weighted by atomic mass is 19.4. The van der Waals surface area contributed by atoms with Crippen LogP contribution in [0.3, 0.4) is 0 Å². The minimum absolute atomic E-state index is 0.0632. The molecule has 0 bridgehead atoms. The number of halogens is 3. The van der Waals surface area contributed by atoms with Crippen molar-refractivity contribution in [2.24, 2.45) is 0 Å². The summed E-state index contributed by atoms with van der Waals surface area (Å²) >= 11 is 0. The van der Waals surface area contributed by atoms with Gasteiger partial charge < -0.3 is 14.7 Å². The van der Waals surface area contributed by atoms with E-state index in [1.807, 2.05) is 4.90 Å². The number of rotatable bonds is 2. The van der Waals surface area contributed by atoms with Gasteiger partial charge in [0.05, 0.1) is 0 Å². The normalized spacial score (nSPS) is 16.3. The predicted molar refractivity (Wildman–Crippen MR) is 81.3 cm³/mol. The predicted octanol–water partition coefficient (Wildman–Crippen LogP) is 2.68. The van der Waals surface area contributed by atoms with Crippen LogP contribution in [-0.2, 0) is 6.18 Å². The Labute approximate surface area is 133 Å². The summed E-state index contributed by atoms with van der Waals surface area (Å²) < 4.78 is 38.2.